The maximum atomic E-state index is 13.7. The molecule has 1 N–H and O–H groups in total. The summed E-state index contributed by atoms with van der Waals surface area (Å²) >= 11 is 0. The van der Waals surface area contributed by atoms with Crippen LogP contribution in [-0.4, -0.2) is 23.5 Å². The first kappa shape index (κ1) is 26.4. The number of carbonyl (C=O) groups excluding carboxylic acids is 2. The van der Waals surface area contributed by atoms with E-state index >= 15 is 0 Å². The Bertz CT molecular complexity index is 1530. The van der Waals surface area contributed by atoms with E-state index in [0.717, 1.165) is 75.8 Å². The highest BCUT2D eigenvalue weighted by molar-refractivity contribution is 6.07. The van der Waals surface area contributed by atoms with Crippen molar-refractivity contribution in [1.29, 1.82) is 0 Å². The highest BCUT2D eigenvalue weighted by atomic mass is 16.5. The first-order valence-electron chi connectivity index (χ1n) is 13.7. The van der Waals surface area contributed by atoms with Crippen LogP contribution in [-0.2, 0) is 28.8 Å². The second-order valence-corrected chi connectivity index (χ2v) is 10.2. The van der Waals surface area contributed by atoms with Crippen molar-refractivity contribution in [2.75, 3.05) is 11.9 Å². The monoisotopic (exact) mass is 518 g/mol. The first-order valence-corrected chi connectivity index (χ1v) is 13.7. The molecular formula is C34H34N2O3. The molecule has 1 aliphatic rings. The van der Waals surface area contributed by atoms with Crippen molar-refractivity contribution in [3.05, 3.63) is 106 Å². The Balaban J connectivity index is 1.47. The SMILES string of the molecule is CCc1cccc(CC)c1NC(=O)COC(=O)c1c2c(nc3ccccc13)C(=Cc1ccccc1)CC(C)C2. The summed E-state index contributed by atoms with van der Waals surface area (Å²) in [6.07, 6.45) is 5.36. The molecule has 1 atom stereocenters. The lowest BCUT2D eigenvalue weighted by Gasteiger charge is -2.26. The van der Waals surface area contributed by atoms with Crippen LogP contribution in [0.25, 0.3) is 22.6 Å². The lowest BCUT2D eigenvalue weighted by atomic mass is 9.80. The molecule has 0 saturated carbocycles. The molecule has 198 valence electrons. The second kappa shape index (κ2) is 11.6. The third kappa shape index (κ3) is 5.63. The smallest absolute Gasteiger partial charge is 0.339 e. The number of esters is 1. The number of nitrogens with one attached hydrogen (secondary N) is 1. The number of aryl methyl sites for hydroxylation is 2. The van der Waals surface area contributed by atoms with Gasteiger partial charge in [0.05, 0.1) is 16.8 Å². The molecule has 1 unspecified atom stereocenters. The van der Waals surface area contributed by atoms with Crippen LogP contribution < -0.4 is 5.32 Å². The number of allylic oxidation sites excluding steroid dienone is 1. The fourth-order valence-corrected chi connectivity index (χ4v) is 5.50. The second-order valence-electron chi connectivity index (χ2n) is 10.2. The summed E-state index contributed by atoms with van der Waals surface area (Å²) in [6, 6.07) is 23.9. The Labute approximate surface area is 229 Å². The zero-order chi connectivity index (χ0) is 27.4. The standard InChI is InChI=1S/C34H34N2O3/c1-4-24-14-11-15-25(5-2)32(24)36-30(37)21-39-34(38)31-27-16-9-10-17-29(27)35-33-26(18-22(3)19-28(31)33)20-23-12-7-6-8-13-23/h6-17,20,22H,4-5,18-19,21H2,1-3H3,(H,36,37). The van der Waals surface area contributed by atoms with Gasteiger partial charge >= 0.3 is 5.97 Å². The Hall–Kier alpha value is -4.25. The van der Waals surface area contributed by atoms with Crippen molar-refractivity contribution in [1.82, 2.24) is 4.98 Å². The van der Waals surface area contributed by atoms with Crippen LogP contribution in [0.5, 0.6) is 0 Å². The molecule has 5 nitrogen and oxygen atoms in total. The minimum absolute atomic E-state index is 0.336. The van der Waals surface area contributed by atoms with Crippen molar-refractivity contribution in [2.24, 2.45) is 5.92 Å². The van der Waals surface area contributed by atoms with Gasteiger partial charge in [-0.3, -0.25) is 4.79 Å². The average molecular weight is 519 g/mol. The van der Waals surface area contributed by atoms with Crippen molar-refractivity contribution < 1.29 is 14.3 Å². The summed E-state index contributed by atoms with van der Waals surface area (Å²) in [5, 5.41) is 3.74. The number of carbonyl (C=O) groups is 2. The number of para-hydroxylation sites is 2. The van der Waals surface area contributed by atoms with Crippen LogP contribution in [0.3, 0.4) is 0 Å². The molecule has 0 bridgehead atoms. The summed E-state index contributed by atoms with van der Waals surface area (Å²) in [5.41, 5.74) is 8.14. The first-order chi connectivity index (χ1) is 19.0. The van der Waals surface area contributed by atoms with Crippen molar-refractivity contribution >= 4 is 40.1 Å². The predicted octanol–water partition coefficient (Wildman–Crippen LogP) is 7.28. The van der Waals surface area contributed by atoms with Crippen LogP contribution in [0.2, 0.25) is 0 Å². The minimum atomic E-state index is -0.493. The van der Waals surface area contributed by atoms with Crippen LogP contribution in [0.15, 0.2) is 72.8 Å². The fourth-order valence-electron chi connectivity index (χ4n) is 5.50. The summed E-state index contributed by atoms with van der Waals surface area (Å²) in [5.74, 6) is -0.500. The van der Waals surface area contributed by atoms with Gasteiger partial charge in [0, 0.05) is 11.1 Å². The quantitative estimate of drug-likeness (QED) is 0.261. The molecule has 4 aromatic rings. The molecule has 1 amide bonds. The molecule has 1 heterocycles. The van der Waals surface area contributed by atoms with Gasteiger partial charge in [0.2, 0.25) is 0 Å². The molecule has 1 aliphatic carbocycles. The molecule has 0 aliphatic heterocycles. The maximum Gasteiger partial charge on any atom is 0.339 e. The third-order valence-electron chi connectivity index (χ3n) is 7.36. The number of ether oxygens (including phenoxy) is 1. The van der Waals surface area contributed by atoms with Gasteiger partial charge in [-0.15, -0.1) is 0 Å². The van der Waals surface area contributed by atoms with Crippen LogP contribution in [0.4, 0.5) is 5.69 Å². The van der Waals surface area contributed by atoms with Gasteiger partial charge < -0.3 is 10.1 Å². The van der Waals surface area contributed by atoms with E-state index in [4.69, 9.17) is 9.72 Å². The average Bonchev–Trinajstić information content (AvgIpc) is 2.95. The van der Waals surface area contributed by atoms with Gasteiger partial charge in [0.25, 0.3) is 5.91 Å². The molecule has 39 heavy (non-hydrogen) atoms. The Morgan fingerprint density at radius 3 is 2.33 bits per heavy atom. The summed E-state index contributed by atoms with van der Waals surface area (Å²) in [4.78, 5) is 31.6. The van der Waals surface area contributed by atoms with E-state index < -0.39 is 5.97 Å². The van der Waals surface area contributed by atoms with Crippen molar-refractivity contribution in [3.8, 4) is 0 Å². The van der Waals surface area contributed by atoms with Gasteiger partial charge in [0.15, 0.2) is 6.61 Å². The van der Waals surface area contributed by atoms with E-state index in [1.807, 2.05) is 60.7 Å². The summed E-state index contributed by atoms with van der Waals surface area (Å²) < 4.78 is 5.67. The number of rotatable bonds is 7. The number of nitrogens with zero attached hydrogens (tertiary/aromatic N) is 1. The lowest BCUT2D eigenvalue weighted by Crippen LogP contribution is -2.24. The molecule has 1 aromatic heterocycles. The molecule has 0 spiro atoms. The van der Waals surface area contributed by atoms with E-state index in [2.05, 4.69) is 44.3 Å². The third-order valence-corrected chi connectivity index (χ3v) is 7.36. The molecule has 0 saturated heterocycles. The van der Waals surface area contributed by atoms with E-state index in [1.54, 1.807) is 0 Å². The van der Waals surface area contributed by atoms with Gasteiger partial charge in [-0.25, -0.2) is 9.78 Å². The summed E-state index contributed by atoms with van der Waals surface area (Å²) in [7, 11) is 0. The Morgan fingerprint density at radius 2 is 1.62 bits per heavy atom. The molecular weight excluding hydrogens is 484 g/mol. The summed E-state index contributed by atoms with van der Waals surface area (Å²) in [6.45, 7) is 5.96. The molecule has 5 heteroatoms. The maximum absolute atomic E-state index is 13.7. The molecule has 5 rings (SSSR count). The number of fused-ring (bicyclic) bond motifs is 2. The van der Waals surface area contributed by atoms with Gasteiger partial charge in [-0.05, 0) is 71.6 Å². The largest absolute Gasteiger partial charge is 0.452 e. The number of aromatic nitrogens is 1. The Morgan fingerprint density at radius 1 is 0.923 bits per heavy atom. The highest BCUT2D eigenvalue weighted by Crippen LogP contribution is 2.38. The number of pyridine rings is 1. The van der Waals surface area contributed by atoms with Crippen molar-refractivity contribution in [2.45, 2.75) is 46.5 Å². The Kier molecular flexibility index (Phi) is 7.87. The molecule has 3 aromatic carbocycles. The van der Waals surface area contributed by atoms with Crippen LogP contribution in [0, 0.1) is 5.92 Å². The number of hydrogen-bond donors (Lipinski definition) is 1. The van der Waals surface area contributed by atoms with Crippen molar-refractivity contribution in [3.63, 3.8) is 0 Å². The topological polar surface area (TPSA) is 68.3 Å². The molecule has 0 fully saturated rings. The van der Waals surface area contributed by atoms with Gasteiger partial charge in [-0.2, -0.15) is 0 Å². The van der Waals surface area contributed by atoms with Crippen LogP contribution in [0.1, 0.15) is 65.5 Å². The van der Waals surface area contributed by atoms with E-state index in [9.17, 15) is 9.59 Å². The molecule has 0 radical (unpaired) electrons. The van der Waals surface area contributed by atoms with Gasteiger partial charge in [-0.1, -0.05) is 87.5 Å². The van der Waals surface area contributed by atoms with E-state index in [0.29, 0.717) is 11.5 Å². The lowest BCUT2D eigenvalue weighted by molar-refractivity contribution is -0.119. The minimum Gasteiger partial charge on any atom is -0.452 e. The predicted molar refractivity (Wildman–Crippen MR) is 158 cm³/mol. The van der Waals surface area contributed by atoms with E-state index in [1.165, 1.54) is 0 Å². The number of benzene rings is 3. The zero-order valence-corrected chi connectivity index (χ0v) is 22.8. The normalized spacial score (nSPS) is 15.7. The number of anilines is 1. The van der Waals surface area contributed by atoms with Gasteiger partial charge in [0.1, 0.15) is 0 Å². The van der Waals surface area contributed by atoms with Crippen LogP contribution >= 0.6 is 0 Å². The fraction of sp³-hybridized carbons (Fsp3) is 0.265. The zero-order valence-electron chi connectivity index (χ0n) is 22.8. The van der Waals surface area contributed by atoms with E-state index in [-0.39, 0.29) is 12.5 Å². The highest BCUT2D eigenvalue weighted by Gasteiger charge is 2.29. The number of hydrogen-bond acceptors (Lipinski definition) is 4. The number of amides is 1.